The molecule has 3 amide bonds. The lowest BCUT2D eigenvalue weighted by atomic mass is 9.70. The number of allylic oxidation sites excluding steroid dienone is 1. The quantitative estimate of drug-likeness (QED) is 0.207. The second-order valence-corrected chi connectivity index (χ2v) is 13.3. The van der Waals surface area contributed by atoms with Gasteiger partial charge in [-0.25, -0.2) is 0 Å². The Morgan fingerprint density at radius 2 is 1.79 bits per heavy atom. The summed E-state index contributed by atoms with van der Waals surface area (Å²) in [5.74, 6) is -3.44. The SMILES string of the molecule is C=CCCC(=O)OC[C@@H](NC(=O)[C@@H]1[C@@H]2CC[C@]3(O2)[C@H](C(=O)N(CC=C)Cc2ccccc2)N([C@@H](CO)C(C)C)C(=O)[C@@H]13)c1ccccc1. The molecule has 2 aromatic carbocycles. The molecule has 3 heterocycles. The highest BCUT2D eigenvalue weighted by atomic mass is 16.5. The minimum atomic E-state index is -1.24. The van der Waals surface area contributed by atoms with Crippen LogP contribution in [0.3, 0.4) is 0 Å². The Balaban J connectivity index is 1.47. The van der Waals surface area contributed by atoms with Crippen LogP contribution in [0.2, 0.25) is 0 Å². The van der Waals surface area contributed by atoms with E-state index < -0.39 is 53.5 Å². The third kappa shape index (κ3) is 6.82. The third-order valence-corrected chi connectivity index (χ3v) is 9.95. The second kappa shape index (κ2) is 15.3. The van der Waals surface area contributed by atoms with Gasteiger partial charge in [-0.3, -0.25) is 19.2 Å². The number of fused-ring (bicyclic) bond motifs is 1. The van der Waals surface area contributed by atoms with Gasteiger partial charge in [-0.2, -0.15) is 0 Å². The number of hydrogen-bond acceptors (Lipinski definition) is 7. The summed E-state index contributed by atoms with van der Waals surface area (Å²) in [5, 5.41) is 13.6. The molecule has 2 N–H and O–H groups in total. The highest BCUT2D eigenvalue weighted by Crippen LogP contribution is 2.59. The molecule has 0 unspecified atom stereocenters. The van der Waals surface area contributed by atoms with Crippen LogP contribution in [0.25, 0.3) is 0 Å². The number of hydrogen-bond donors (Lipinski definition) is 2. The van der Waals surface area contributed by atoms with E-state index >= 15 is 0 Å². The van der Waals surface area contributed by atoms with Crippen molar-refractivity contribution in [3.63, 3.8) is 0 Å². The highest BCUT2D eigenvalue weighted by molar-refractivity contribution is 5.99. The van der Waals surface area contributed by atoms with Gasteiger partial charge in [0.1, 0.15) is 18.2 Å². The van der Waals surface area contributed by atoms with Gasteiger partial charge in [0.15, 0.2) is 0 Å². The number of amides is 3. The monoisotopic (exact) mass is 657 g/mol. The Morgan fingerprint density at radius 1 is 1.10 bits per heavy atom. The van der Waals surface area contributed by atoms with Gasteiger partial charge >= 0.3 is 5.97 Å². The molecule has 48 heavy (non-hydrogen) atoms. The maximum atomic E-state index is 14.7. The summed E-state index contributed by atoms with van der Waals surface area (Å²) in [7, 11) is 0. The van der Waals surface area contributed by atoms with Crippen molar-refractivity contribution in [1.29, 1.82) is 0 Å². The largest absolute Gasteiger partial charge is 0.463 e. The lowest BCUT2D eigenvalue weighted by molar-refractivity contribution is -0.152. The molecule has 5 rings (SSSR count). The van der Waals surface area contributed by atoms with Crippen LogP contribution in [0.1, 0.15) is 56.7 Å². The number of nitrogens with zero attached hydrogens (tertiary/aromatic N) is 2. The number of aliphatic hydroxyl groups is 1. The van der Waals surface area contributed by atoms with Gasteiger partial charge in [0.2, 0.25) is 17.7 Å². The number of nitrogens with one attached hydrogen (secondary N) is 1. The number of likely N-dealkylation sites (tertiary alicyclic amines) is 1. The molecule has 256 valence electrons. The van der Waals surface area contributed by atoms with Gasteiger partial charge in [-0.15, -0.1) is 13.2 Å². The fourth-order valence-electron chi connectivity index (χ4n) is 7.66. The van der Waals surface area contributed by atoms with Crippen molar-refractivity contribution in [2.24, 2.45) is 17.8 Å². The molecule has 0 saturated carbocycles. The Morgan fingerprint density at radius 3 is 2.42 bits per heavy atom. The number of benzene rings is 2. The van der Waals surface area contributed by atoms with Crippen molar-refractivity contribution in [2.75, 3.05) is 19.8 Å². The molecular weight excluding hydrogens is 610 g/mol. The predicted octanol–water partition coefficient (Wildman–Crippen LogP) is 3.96. The van der Waals surface area contributed by atoms with Gasteiger partial charge in [0.05, 0.1) is 36.6 Å². The number of esters is 1. The van der Waals surface area contributed by atoms with E-state index in [1.54, 1.807) is 17.1 Å². The van der Waals surface area contributed by atoms with Crippen LogP contribution in [-0.2, 0) is 35.2 Å². The van der Waals surface area contributed by atoms with Crippen LogP contribution in [-0.4, -0.2) is 82.1 Å². The molecule has 2 aromatic rings. The zero-order chi connectivity index (χ0) is 34.4. The molecule has 3 aliphatic rings. The van der Waals surface area contributed by atoms with Crippen LogP contribution in [0.15, 0.2) is 86.0 Å². The molecule has 0 aliphatic carbocycles. The zero-order valence-electron chi connectivity index (χ0n) is 27.8. The van der Waals surface area contributed by atoms with Crippen LogP contribution < -0.4 is 5.32 Å². The van der Waals surface area contributed by atoms with E-state index in [0.717, 1.165) is 11.1 Å². The Labute approximate surface area is 282 Å². The summed E-state index contributed by atoms with van der Waals surface area (Å²) >= 11 is 0. The minimum absolute atomic E-state index is 0.0864. The van der Waals surface area contributed by atoms with Gasteiger partial charge in [0, 0.05) is 19.5 Å². The Bertz CT molecular complexity index is 1480. The molecule has 2 bridgehead atoms. The first-order chi connectivity index (χ1) is 23.2. The van der Waals surface area contributed by atoms with E-state index in [2.05, 4.69) is 18.5 Å². The van der Waals surface area contributed by atoms with Crippen molar-refractivity contribution in [3.8, 4) is 0 Å². The Hall–Kier alpha value is -4.28. The number of rotatable bonds is 16. The lowest BCUT2D eigenvalue weighted by Gasteiger charge is -2.40. The number of ether oxygens (including phenoxy) is 2. The normalized spacial score (nSPS) is 25.3. The summed E-state index contributed by atoms with van der Waals surface area (Å²) in [6.45, 7) is 11.4. The van der Waals surface area contributed by atoms with Crippen LogP contribution in [0.5, 0.6) is 0 Å². The van der Waals surface area contributed by atoms with Gasteiger partial charge in [-0.1, -0.05) is 86.7 Å². The molecular formula is C38H47N3O7. The average Bonchev–Trinajstić information content (AvgIpc) is 3.73. The lowest BCUT2D eigenvalue weighted by Crippen LogP contribution is -2.59. The molecule has 10 heteroatoms. The molecule has 10 nitrogen and oxygen atoms in total. The van der Waals surface area contributed by atoms with Gasteiger partial charge in [0.25, 0.3) is 0 Å². The molecule has 1 spiro atoms. The molecule has 3 aliphatic heterocycles. The summed E-state index contributed by atoms with van der Waals surface area (Å²) in [6.07, 6.45) is 4.30. The Kier molecular flexibility index (Phi) is 11.2. The van der Waals surface area contributed by atoms with Gasteiger partial charge < -0.3 is 29.7 Å². The van der Waals surface area contributed by atoms with Crippen molar-refractivity contribution in [3.05, 3.63) is 97.1 Å². The summed E-state index contributed by atoms with van der Waals surface area (Å²) in [5.41, 5.74) is 0.430. The van der Waals surface area contributed by atoms with E-state index in [1.165, 1.54) is 4.90 Å². The summed E-state index contributed by atoms with van der Waals surface area (Å²) in [4.78, 5) is 59.1. The maximum Gasteiger partial charge on any atom is 0.306 e. The molecule has 0 radical (unpaired) electrons. The number of carbonyl (C=O) groups excluding carboxylic acids is 4. The first-order valence-electron chi connectivity index (χ1n) is 16.8. The smallest absolute Gasteiger partial charge is 0.306 e. The number of carbonyl (C=O) groups is 4. The van der Waals surface area contributed by atoms with Crippen LogP contribution in [0, 0.1) is 17.8 Å². The molecule has 3 fully saturated rings. The van der Waals surface area contributed by atoms with Crippen molar-refractivity contribution in [2.45, 2.75) is 75.9 Å². The van der Waals surface area contributed by atoms with Crippen LogP contribution in [0.4, 0.5) is 0 Å². The summed E-state index contributed by atoms with van der Waals surface area (Å²) in [6, 6.07) is 16.4. The molecule has 0 aromatic heterocycles. The first-order valence-corrected chi connectivity index (χ1v) is 16.8. The van der Waals surface area contributed by atoms with E-state index in [-0.39, 0.29) is 43.9 Å². The van der Waals surface area contributed by atoms with E-state index in [0.29, 0.717) is 25.8 Å². The fraction of sp³-hybridized carbons (Fsp3) is 0.474. The predicted molar refractivity (Wildman–Crippen MR) is 180 cm³/mol. The average molecular weight is 658 g/mol. The van der Waals surface area contributed by atoms with E-state index in [1.807, 2.05) is 74.5 Å². The van der Waals surface area contributed by atoms with Crippen molar-refractivity contribution in [1.82, 2.24) is 15.1 Å². The fourth-order valence-corrected chi connectivity index (χ4v) is 7.66. The maximum absolute atomic E-state index is 14.7. The highest BCUT2D eigenvalue weighted by Gasteiger charge is 2.75. The molecule has 3 saturated heterocycles. The third-order valence-electron chi connectivity index (χ3n) is 9.95. The van der Waals surface area contributed by atoms with Gasteiger partial charge in [-0.05, 0) is 36.3 Å². The van der Waals surface area contributed by atoms with Crippen molar-refractivity contribution >= 4 is 23.7 Å². The van der Waals surface area contributed by atoms with Crippen LogP contribution >= 0.6 is 0 Å². The minimum Gasteiger partial charge on any atom is -0.463 e. The van der Waals surface area contributed by atoms with E-state index in [4.69, 9.17) is 9.47 Å². The number of aliphatic hydroxyl groups excluding tert-OH is 1. The van der Waals surface area contributed by atoms with E-state index in [9.17, 15) is 24.3 Å². The first kappa shape index (κ1) is 35.0. The molecule has 7 atom stereocenters. The summed E-state index contributed by atoms with van der Waals surface area (Å²) < 4.78 is 12.2. The van der Waals surface area contributed by atoms with Crippen molar-refractivity contribution < 1.29 is 33.8 Å². The zero-order valence-corrected chi connectivity index (χ0v) is 27.8. The standard InChI is InChI=1S/C38H47N3O7/c1-5-7-18-31(43)47-24-28(27-16-12-9-13-17-27)39-35(44)32-30-19-20-38(48-30)33(32)36(45)41(29(23-42)25(3)4)34(38)37(46)40(21-6-2)22-26-14-10-8-11-15-26/h5-6,8-17,25,28-30,32-34,42H,1-2,7,18-24H2,3-4H3,(H,39,44)/t28-,29+,30+,32-,33-,34+,38-/m1/s1. The second-order valence-electron chi connectivity index (χ2n) is 13.3. The topological polar surface area (TPSA) is 125 Å².